The summed E-state index contributed by atoms with van der Waals surface area (Å²) in [6, 6.07) is 3.28. The van der Waals surface area contributed by atoms with Crippen LogP contribution >= 0.6 is 0 Å². The molecule has 4 nitrogen and oxygen atoms in total. The Hall–Kier alpha value is -1.97. The zero-order valence-corrected chi connectivity index (χ0v) is 10.2. The number of hydrogen-bond acceptors (Lipinski definition) is 3. The van der Waals surface area contributed by atoms with Crippen LogP contribution in [0.2, 0.25) is 0 Å². The van der Waals surface area contributed by atoms with Crippen molar-refractivity contribution in [2.75, 3.05) is 0 Å². The Morgan fingerprint density at radius 1 is 1.18 bits per heavy atom. The average molecular weight is 229 g/mol. The summed E-state index contributed by atoms with van der Waals surface area (Å²) >= 11 is 0. The van der Waals surface area contributed by atoms with Crippen LogP contribution in [0.1, 0.15) is 26.3 Å². The minimum absolute atomic E-state index is 0.0344. The van der Waals surface area contributed by atoms with Crippen LogP contribution in [0.4, 0.5) is 0 Å². The van der Waals surface area contributed by atoms with Gasteiger partial charge in [0.15, 0.2) is 5.82 Å². The van der Waals surface area contributed by atoms with Crippen LogP contribution in [0.25, 0.3) is 11.4 Å². The Morgan fingerprint density at radius 3 is 2.35 bits per heavy atom. The smallest absolute Gasteiger partial charge is 0.248 e. The van der Waals surface area contributed by atoms with Gasteiger partial charge in [-0.15, -0.1) is 0 Å². The van der Waals surface area contributed by atoms with Crippen molar-refractivity contribution < 1.29 is 0 Å². The molecule has 0 amide bonds. The molecule has 4 heteroatoms. The highest BCUT2D eigenvalue weighted by Gasteiger charge is 2.14. The first-order chi connectivity index (χ1) is 7.97. The molecule has 0 atom stereocenters. The molecule has 2 aromatic rings. The molecule has 0 aliphatic heterocycles. The number of H-pyrrole nitrogens is 1. The van der Waals surface area contributed by atoms with E-state index in [1.807, 2.05) is 12.4 Å². The van der Waals surface area contributed by atoms with E-state index in [9.17, 15) is 4.79 Å². The Labute approximate surface area is 99.8 Å². The number of hydrogen-bond donors (Lipinski definition) is 1. The van der Waals surface area contributed by atoms with E-state index in [-0.39, 0.29) is 11.0 Å². The van der Waals surface area contributed by atoms with Crippen molar-refractivity contribution in [1.82, 2.24) is 15.0 Å². The first-order valence-electron chi connectivity index (χ1n) is 5.48. The van der Waals surface area contributed by atoms with Gasteiger partial charge in [-0.25, -0.2) is 9.97 Å². The van der Waals surface area contributed by atoms with E-state index in [0.717, 1.165) is 11.1 Å². The molecule has 0 aromatic carbocycles. The summed E-state index contributed by atoms with van der Waals surface area (Å²) in [5, 5.41) is 0. The fourth-order valence-corrected chi connectivity index (χ4v) is 1.45. The predicted octanol–water partition coefficient (Wildman–Crippen LogP) is 2.13. The highest BCUT2D eigenvalue weighted by atomic mass is 16.1. The van der Waals surface area contributed by atoms with Gasteiger partial charge in [-0.05, 0) is 17.0 Å². The van der Waals surface area contributed by atoms with Gasteiger partial charge in [0.05, 0.1) is 0 Å². The van der Waals surface area contributed by atoms with Gasteiger partial charge in [-0.2, -0.15) is 0 Å². The summed E-state index contributed by atoms with van der Waals surface area (Å²) in [5.41, 5.74) is 1.69. The Kier molecular flexibility index (Phi) is 2.79. The molecule has 0 radical (unpaired) electrons. The van der Waals surface area contributed by atoms with Crippen LogP contribution in [-0.4, -0.2) is 15.0 Å². The molecule has 0 unspecified atom stereocenters. The van der Waals surface area contributed by atoms with Crippen LogP contribution in [0.3, 0.4) is 0 Å². The van der Waals surface area contributed by atoms with Gasteiger partial charge >= 0.3 is 0 Å². The van der Waals surface area contributed by atoms with Crippen LogP contribution in [0.5, 0.6) is 0 Å². The topological polar surface area (TPSA) is 58.6 Å². The SMILES string of the molecule is CC(C)(C)c1cnc(-c2cc[nH]c(=O)c2)nc1. The van der Waals surface area contributed by atoms with E-state index >= 15 is 0 Å². The molecule has 1 N–H and O–H groups in total. The number of pyridine rings is 1. The number of nitrogens with zero attached hydrogens (tertiary/aromatic N) is 2. The van der Waals surface area contributed by atoms with Gasteiger partial charge in [0, 0.05) is 30.2 Å². The summed E-state index contributed by atoms with van der Waals surface area (Å²) in [4.78, 5) is 22.3. The molecule has 0 fully saturated rings. The second kappa shape index (κ2) is 4.13. The molecular formula is C13H15N3O. The summed E-state index contributed by atoms with van der Waals surface area (Å²) in [7, 11) is 0. The molecule has 0 saturated heterocycles. The Morgan fingerprint density at radius 2 is 1.82 bits per heavy atom. The maximum Gasteiger partial charge on any atom is 0.248 e. The molecule has 0 spiro atoms. The third-order valence-electron chi connectivity index (χ3n) is 2.55. The molecule has 0 saturated carbocycles. The van der Waals surface area contributed by atoms with Gasteiger partial charge in [0.25, 0.3) is 0 Å². The molecule has 0 aliphatic rings. The molecule has 2 heterocycles. The fraction of sp³-hybridized carbons (Fsp3) is 0.308. The van der Waals surface area contributed by atoms with Crippen LogP contribution < -0.4 is 5.56 Å². The van der Waals surface area contributed by atoms with Crippen molar-refractivity contribution in [3.63, 3.8) is 0 Å². The third-order valence-corrected chi connectivity index (χ3v) is 2.55. The summed E-state index contributed by atoms with van der Waals surface area (Å²) in [6.45, 7) is 6.33. The largest absolute Gasteiger partial charge is 0.329 e. The lowest BCUT2D eigenvalue weighted by molar-refractivity contribution is 0.584. The van der Waals surface area contributed by atoms with E-state index in [4.69, 9.17) is 0 Å². The molecule has 0 bridgehead atoms. The standard InChI is InChI=1S/C13H15N3O/c1-13(2,3)10-7-15-12(16-8-10)9-4-5-14-11(17)6-9/h4-8H,1-3H3,(H,14,17). The maximum atomic E-state index is 11.2. The molecule has 0 aliphatic carbocycles. The van der Waals surface area contributed by atoms with Gasteiger partial charge in [-0.1, -0.05) is 20.8 Å². The number of nitrogens with one attached hydrogen (secondary N) is 1. The fourth-order valence-electron chi connectivity index (χ4n) is 1.45. The van der Waals surface area contributed by atoms with Gasteiger partial charge in [0.2, 0.25) is 5.56 Å². The van der Waals surface area contributed by atoms with Crippen LogP contribution in [0.15, 0.2) is 35.5 Å². The molecule has 2 rings (SSSR count). The minimum atomic E-state index is -0.147. The van der Waals surface area contributed by atoms with Gasteiger partial charge < -0.3 is 4.98 Å². The third kappa shape index (κ3) is 2.58. The monoisotopic (exact) mass is 229 g/mol. The first kappa shape index (κ1) is 11.5. The van der Waals surface area contributed by atoms with E-state index < -0.39 is 0 Å². The number of rotatable bonds is 1. The summed E-state index contributed by atoms with van der Waals surface area (Å²) in [6.07, 6.45) is 5.21. The van der Waals surface area contributed by atoms with Crippen molar-refractivity contribution in [2.24, 2.45) is 0 Å². The summed E-state index contributed by atoms with van der Waals surface area (Å²) < 4.78 is 0. The highest BCUT2D eigenvalue weighted by molar-refractivity contribution is 5.53. The second-order valence-electron chi connectivity index (χ2n) is 4.99. The van der Waals surface area contributed by atoms with Gasteiger partial charge in [0.1, 0.15) is 0 Å². The first-order valence-corrected chi connectivity index (χ1v) is 5.48. The van der Waals surface area contributed by atoms with Crippen LogP contribution in [-0.2, 0) is 5.41 Å². The zero-order valence-electron chi connectivity index (χ0n) is 10.2. The van der Waals surface area contributed by atoms with Crippen LogP contribution in [0, 0.1) is 0 Å². The quantitative estimate of drug-likeness (QED) is 0.815. The van der Waals surface area contributed by atoms with E-state index in [0.29, 0.717) is 5.82 Å². The van der Waals surface area contributed by atoms with Crippen molar-refractivity contribution in [3.8, 4) is 11.4 Å². The van der Waals surface area contributed by atoms with Gasteiger partial charge in [-0.3, -0.25) is 4.79 Å². The lowest BCUT2D eigenvalue weighted by Crippen LogP contribution is -2.12. The molecule has 2 aromatic heterocycles. The lowest BCUT2D eigenvalue weighted by Gasteiger charge is -2.17. The average Bonchev–Trinajstić information content (AvgIpc) is 2.28. The number of aromatic amines is 1. The lowest BCUT2D eigenvalue weighted by atomic mass is 9.89. The van der Waals surface area contributed by atoms with Crippen molar-refractivity contribution in [1.29, 1.82) is 0 Å². The maximum absolute atomic E-state index is 11.2. The Bertz CT molecular complexity index is 564. The normalized spacial score (nSPS) is 11.5. The minimum Gasteiger partial charge on any atom is -0.329 e. The van der Waals surface area contributed by atoms with Crippen molar-refractivity contribution in [2.45, 2.75) is 26.2 Å². The van der Waals surface area contributed by atoms with Crippen molar-refractivity contribution >= 4 is 0 Å². The summed E-state index contributed by atoms with van der Waals surface area (Å²) in [5.74, 6) is 0.573. The predicted molar refractivity (Wildman–Crippen MR) is 66.8 cm³/mol. The highest BCUT2D eigenvalue weighted by Crippen LogP contribution is 2.21. The molecular weight excluding hydrogens is 214 g/mol. The van der Waals surface area contributed by atoms with E-state index in [2.05, 4.69) is 35.7 Å². The molecule has 17 heavy (non-hydrogen) atoms. The second-order valence-corrected chi connectivity index (χ2v) is 4.99. The number of aromatic nitrogens is 3. The van der Waals surface area contributed by atoms with E-state index in [1.54, 1.807) is 12.3 Å². The van der Waals surface area contributed by atoms with Crippen molar-refractivity contribution in [3.05, 3.63) is 46.6 Å². The Balaban J connectivity index is 2.39. The molecule has 88 valence electrons. The van der Waals surface area contributed by atoms with E-state index in [1.165, 1.54) is 6.07 Å². The zero-order chi connectivity index (χ0) is 12.5.